The monoisotopic (exact) mass is 510 g/mol. The first-order valence-corrected chi connectivity index (χ1v) is 8.52. The van der Waals surface area contributed by atoms with Crippen LogP contribution in [0.1, 0.15) is 11.1 Å². The summed E-state index contributed by atoms with van der Waals surface area (Å²) in [5.41, 5.74) is 15.3. The predicted octanol–water partition coefficient (Wildman–Crippen LogP) is 5.49. The molecule has 0 unspecified atom stereocenters. The third-order valence-electron chi connectivity index (χ3n) is 2.68. The Kier molecular flexibility index (Phi) is 4.98. The van der Waals surface area contributed by atoms with Crippen molar-refractivity contribution in [3.8, 4) is 0 Å². The van der Waals surface area contributed by atoms with Gasteiger partial charge < -0.3 is 11.5 Å². The van der Waals surface area contributed by atoms with Crippen LogP contribution in [-0.4, -0.2) is 0 Å². The standard InChI is InChI=1S/C13H10Br4N2/c14-10-1-6(18)2-11(15)8(10)5-9-12(16)3-7(19)4-13(9)17/h1-4H,5,18-19H2. The van der Waals surface area contributed by atoms with E-state index < -0.39 is 0 Å². The largest absolute Gasteiger partial charge is 0.399 e. The van der Waals surface area contributed by atoms with Crippen molar-refractivity contribution in [3.05, 3.63) is 53.3 Å². The summed E-state index contributed by atoms with van der Waals surface area (Å²) in [6.45, 7) is 0. The van der Waals surface area contributed by atoms with Crippen LogP contribution in [0.2, 0.25) is 0 Å². The van der Waals surface area contributed by atoms with Crippen LogP contribution in [-0.2, 0) is 6.42 Å². The Hall–Kier alpha value is -0.0400. The quantitative estimate of drug-likeness (QED) is 0.522. The molecule has 0 aliphatic carbocycles. The molecule has 6 heteroatoms. The van der Waals surface area contributed by atoms with Gasteiger partial charge in [0.15, 0.2) is 0 Å². The van der Waals surface area contributed by atoms with Gasteiger partial charge in [-0.1, -0.05) is 63.7 Å². The highest BCUT2D eigenvalue weighted by atomic mass is 79.9. The molecule has 0 saturated carbocycles. The number of rotatable bonds is 2. The molecule has 0 heterocycles. The van der Waals surface area contributed by atoms with Crippen LogP contribution in [0, 0.1) is 0 Å². The zero-order valence-electron chi connectivity index (χ0n) is 9.68. The maximum absolute atomic E-state index is 5.81. The van der Waals surface area contributed by atoms with Crippen molar-refractivity contribution in [1.29, 1.82) is 0 Å². The van der Waals surface area contributed by atoms with Gasteiger partial charge in [0.1, 0.15) is 0 Å². The summed E-state index contributed by atoms with van der Waals surface area (Å²) in [4.78, 5) is 0. The molecule has 0 atom stereocenters. The molecule has 2 rings (SSSR count). The van der Waals surface area contributed by atoms with Gasteiger partial charge in [-0.05, 0) is 35.4 Å². The molecule has 0 aromatic heterocycles. The second-order valence-corrected chi connectivity index (χ2v) is 7.52. The van der Waals surface area contributed by atoms with Crippen LogP contribution in [0.25, 0.3) is 0 Å². The van der Waals surface area contributed by atoms with Gasteiger partial charge >= 0.3 is 0 Å². The van der Waals surface area contributed by atoms with E-state index in [1.54, 1.807) is 0 Å². The van der Waals surface area contributed by atoms with E-state index in [0.29, 0.717) is 0 Å². The first-order valence-electron chi connectivity index (χ1n) is 5.35. The highest BCUT2D eigenvalue weighted by Crippen LogP contribution is 2.35. The molecule has 0 spiro atoms. The van der Waals surface area contributed by atoms with Crippen LogP contribution in [0.15, 0.2) is 42.2 Å². The minimum absolute atomic E-state index is 0.720. The molecule has 0 bridgehead atoms. The first-order chi connectivity index (χ1) is 8.88. The van der Waals surface area contributed by atoms with Crippen molar-refractivity contribution in [2.45, 2.75) is 6.42 Å². The van der Waals surface area contributed by atoms with Gasteiger partial charge in [-0.3, -0.25) is 0 Å². The summed E-state index contributed by atoms with van der Waals surface area (Å²) >= 11 is 14.2. The molecular weight excluding hydrogens is 504 g/mol. The lowest BCUT2D eigenvalue weighted by molar-refractivity contribution is 1.14. The summed E-state index contributed by atoms with van der Waals surface area (Å²) in [5.74, 6) is 0. The van der Waals surface area contributed by atoms with Crippen LogP contribution in [0.5, 0.6) is 0 Å². The van der Waals surface area contributed by atoms with E-state index >= 15 is 0 Å². The number of halogens is 4. The lowest BCUT2D eigenvalue weighted by atomic mass is 10.0. The van der Waals surface area contributed by atoms with Gasteiger partial charge in [-0.15, -0.1) is 0 Å². The molecule has 19 heavy (non-hydrogen) atoms. The number of nitrogens with two attached hydrogens (primary N) is 2. The molecule has 0 fully saturated rings. The Morgan fingerprint density at radius 3 is 1.16 bits per heavy atom. The normalized spacial score (nSPS) is 10.7. The van der Waals surface area contributed by atoms with Crippen LogP contribution in [0.3, 0.4) is 0 Å². The minimum Gasteiger partial charge on any atom is -0.399 e. The second-order valence-electron chi connectivity index (χ2n) is 4.10. The Balaban J connectivity index is 2.48. The third kappa shape index (κ3) is 3.54. The van der Waals surface area contributed by atoms with E-state index in [4.69, 9.17) is 11.5 Å². The van der Waals surface area contributed by atoms with Crippen molar-refractivity contribution in [2.24, 2.45) is 0 Å². The van der Waals surface area contributed by atoms with E-state index in [2.05, 4.69) is 63.7 Å². The van der Waals surface area contributed by atoms with Gasteiger partial charge in [-0.2, -0.15) is 0 Å². The Labute approximate surface area is 145 Å². The number of hydrogen-bond donors (Lipinski definition) is 2. The van der Waals surface area contributed by atoms with E-state index in [1.807, 2.05) is 24.3 Å². The minimum atomic E-state index is 0.720. The molecule has 0 amide bonds. The summed E-state index contributed by atoms with van der Waals surface area (Å²) in [5, 5.41) is 0. The number of nitrogen functional groups attached to an aromatic ring is 2. The molecule has 0 radical (unpaired) electrons. The molecule has 4 N–H and O–H groups in total. The molecular formula is C13H10Br4N2. The average Bonchev–Trinajstić information content (AvgIpc) is 2.25. The summed E-state index contributed by atoms with van der Waals surface area (Å²) in [6, 6.07) is 7.61. The first kappa shape index (κ1) is 15.4. The second kappa shape index (κ2) is 6.16. The van der Waals surface area contributed by atoms with Crippen LogP contribution >= 0.6 is 63.7 Å². The SMILES string of the molecule is Nc1cc(Br)c(Cc2c(Br)cc(N)cc2Br)c(Br)c1. The van der Waals surface area contributed by atoms with Crippen LogP contribution < -0.4 is 11.5 Å². The highest BCUT2D eigenvalue weighted by Gasteiger charge is 2.12. The fourth-order valence-corrected chi connectivity index (χ4v) is 4.76. The smallest absolute Gasteiger partial charge is 0.0336 e. The zero-order chi connectivity index (χ0) is 14.2. The lowest BCUT2D eigenvalue weighted by Gasteiger charge is -2.12. The summed E-state index contributed by atoms with van der Waals surface area (Å²) < 4.78 is 3.93. The Morgan fingerprint density at radius 1 is 0.632 bits per heavy atom. The summed E-state index contributed by atoms with van der Waals surface area (Å²) in [6.07, 6.45) is 0.753. The van der Waals surface area contributed by atoms with E-state index in [9.17, 15) is 0 Å². The van der Waals surface area contributed by atoms with Crippen LogP contribution in [0.4, 0.5) is 11.4 Å². The Bertz CT molecular complexity index is 539. The maximum atomic E-state index is 5.81. The molecule has 2 nitrogen and oxygen atoms in total. The summed E-state index contributed by atoms with van der Waals surface area (Å²) in [7, 11) is 0. The van der Waals surface area contributed by atoms with E-state index in [0.717, 1.165) is 46.8 Å². The van der Waals surface area contributed by atoms with Crippen molar-refractivity contribution < 1.29 is 0 Å². The molecule has 2 aromatic carbocycles. The maximum Gasteiger partial charge on any atom is 0.0336 e. The van der Waals surface area contributed by atoms with Crippen molar-refractivity contribution in [2.75, 3.05) is 11.5 Å². The van der Waals surface area contributed by atoms with E-state index in [1.165, 1.54) is 0 Å². The van der Waals surface area contributed by atoms with Gasteiger partial charge in [0, 0.05) is 35.7 Å². The van der Waals surface area contributed by atoms with Crippen molar-refractivity contribution in [3.63, 3.8) is 0 Å². The molecule has 0 saturated heterocycles. The molecule has 2 aromatic rings. The van der Waals surface area contributed by atoms with E-state index in [-0.39, 0.29) is 0 Å². The fourth-order valence-electron chi connectivity index (χ4n) is 1.76. The van der Waals surface area contributed by atoms with Crippen molar-refractivity contribution >= 4 is 75.1 Å². The van der Waals surface area contributed by atoms with Gasteiger partial charge in [0.2, 0.25) is 0 Å². The number of anilines is 2. The molecule has 0 aliphatic heterocycles. The molecule has 0 aliphatic rings. The van der Waals surface area contributed by atoms with Gasteiger partial charge in [0.05, 0.1) is 0 Å². The number of benzene rings is 2. The topological polar surface area (TPSA) is 52.0 Å². The average molecular weight is 514 g/mol. The van der Waals surface area contributed by atoms with Gasteiger partial charge in [-0.25, -0.2) is 0 Å². The third-order valence-corrected chi connectivity index (χ3v) is 5.51. The highest BCUT2D eigenvalue weighted by molar-refractivity contribution is 9.11. The lowest BCUT2D eigenvalue weighted by Crippen LogP contribution is -1.97. The van der Waals surface area contributed by atoms with Crippen molar-refractivity contribution in [1.82, 2.24) is 0 Å². The predicted molar refractivity (Wildman–Crippen MR) is 95.3 cm³/mol. The van der Waals surface area contributed by atoms with Gasteiger partial charge in [0.25, 0.3) is 0 Å². The zero-order valence-corrected chi connectivity index (χ0v) is 16.0. The molecule has 100 valence electrons. The number of hydrogen-bond acceptors (Lipinski definition) is 2. The Morgan fingerprint density at radius 2 is 0.895 bits per heavy atom. The fraction of sp³-hybridized carbons (Fsp3) is 0.0769.